The van der Waals surface area contributed by atoms with Gasteiger partial charge in [-0.05, 0) is 37.9 Å². The molecule has 0 spiro atoms. The lowest BCUT2D eigenvalue weighted by Crippen LogP contribution is -2.36. The fourth-order valence-corrected chi connectivity index (χ4v) is 2.36. The lowest BCUT2D eigenvalue weighted by atomic mass is 10.1. The summed E-state index contributed by atoms with van der Waals surface area (Å²) in [5.41, 5.74) is 0.830. The average molecular weight is 236 g/mol. The Morgan fingerprint density at radius 2 is 2.18 bits per heavy atom. The van der Waals surface area contributed by atoms with E-state index in [-0.39, 0.29) is 5.82 Å². The minimum absolute atomic E-state index is 0.0758. The quantitative estimate of drug-likeness (QED) is 0.864. The van der Waals surface area contributed by atoms with Crippen LogP contribution in [0.15, 0.2) is 24.3 Å². The van der Waals surface area contributed by atoms with Crippen molar-refractivity contribution in [2.45, 2.75) is 25.8 Å². The maximum absolute atomic E-state index is 13.5. The summed E-state index contributed by atoms with van der Waals surface area (Å²) < 4.78 is 13.5. The van der Waals surface area contributed by atoms with Gasteiger partial charge in [-0.25, -0.2) is 4.39 Å². The van der Waals surface area contributed by atoms with Crippen LogP contribution in [0.4, 0.5) is 4.39 Å². The molecular weight excluding hydrogens is 215 g/mol. The van der Waals surface area contributed by atoms with Crippen LogP contribution in [-0.4, -0.2) is 37.1 Å². The maximum atomic E-state index is 13.5. The van der Waals surface area contributed by atoms with Gasteiger partial charge in [0.05, 0.1) is 0 Å². The van der Waals surface area contributed by atoms with Gasteiger partial charge in [-0.1, -0.05) is 18.2 Å². The summed E-state index contributed by atoms with van der Waals surface area (Å²) in [6, 6.07) is 7.68. The summed E-state index contributed by atoms with van der Waals surface area (Å²) in [6.45, 7) is 6.41. The zero-order chi connectivity index (χ0) is 12.1. The first kappa shape index (κ1) is 12.5. The highest BCUT2D eigenvalue weighted by Gasteiger charge is 2.16. The molecule has 2 nitrogen and oxygen atoms in total. The predicted molar refractivity (Wildman–Crippen MR) is 68.6 cm³/mol. The third-order valence-corrected chi connectivity index (χ3v) is 3.56. The fourth-order valence-electron chi connectivity index (χ4n) is 2.36. The Bertz CT molecular complexity index is 354. The van der Waals surface area contributed by atoms with Crippen LogP contribution in [-0.2, 0) is 6.42 Å². The van der Waals surface area contributed by atoms with Gasteiger partial charge in [-0.2, -0.15) is 0 Å². The Morgan fingerprint density at radius 3 is 3.00 bits per heavy atom. The van der Waals surface area contributed by atoms with Crippen LogP contribution in [0.25, 0.3) is 0 Å². The number of nitrogens with zero attached hydrogens (tertiary/aromatic N) is 1. The van der Waals surface area contributed by atoms with Crippen molar-refractivity contribution in [1.82, 2.24) is 10.2 Å². The summed E-state index contributed by atoms with van der Waals surface area (Å²) in [6.07, 6.45) is 1.98. The van der Waals surface area contributed by atoms with Gasteiger partial charge in [0.2, 0.25) is 0 Å². The highest BCUT2D eigenvalue weighted by molar-refractivity contribution is 5.17. The Labute approximate surface area is 103 Å². The molecule has 1 aliphatic heterocycles. The molecule has 1 aromatic rings. The van der Waals surface area contributed by atoms with Gasteiger partial charge >= 0.3 is 0 Å². The molecule has 17 heavy (non-hydrogen) atoms. The van der Waals surface area contributed by atoms with Crippen molar-refractivity contribution in [1.29, 1.82) is 0 Å². The number of hydrogen-bond acceptors (Lipinski definition) is 2. The van der Waals surface area contributed by atoms with E-state index < -0.39 is 0 Å². The third kappa shape index (κ3) is 3.51. The molecule has 1 aliphatic rings. The number of benzene rings is 1. The molecule has 1 aromatic carbocycles. The number of nitrogens with one attached hydrogen (secondary N) is 1. The van der Waals surface area contributed by atoms with E-state index in [1.807, 2.05) is 12.1 Å². The van der Waals surface area contributed by atoms with E-state index in [1.165, 1.54) is 6.42 Å². The average Bonchev–Trinajstić information content (AvgIpc) is 2.53. The lowest BCUT2D eigenvalue weighted by Gasteiger charge is -2.26. The second-order valence-electron chi connectivity index (χ2n) is 4.77. The molecule has 1 fully saturated rings. The number of halogens is 1. The molecule has 1 saturated heterocycles. The van der Waals surface area contributed by atoms with Crippen LogP contribution < -0.4 is 5.32 Å². The van der Waals surface area contributed by atoms with Crippen molar-refractivity contribution in [3.63, 3.8) is 0 Å². The van der Waals surface area contributed by atoms with Crippen molar-refractivity contribution in [2.75, 3.05) is 26.2 Å². The zero-order valence-corrected chi connectivity index (χ0v) is 10.5. The molecule has 1 heterocycles. The van der Waals surface area contributed by atoms with E-state index in [0.29, 0.717) is 6.04 Å². The molecule has 0 amide bonds. The molecule has 1 N–H and O–H groups in total. The van der Waals surface area contributed by atoms with Gasteiger partial charge in [0, 0.05) is 25.7 Å². The standard InChI is InChI=1S/C14H21FN2/c1-12-6-8-16-9-11-17(12)10-7-13-4-2-3-5-14(13)15/h2-5,12,16H,6-11H2,1H3. The van der Waals surface area contributed by atoms with E-state index in [2.05, 4.69) is 17.1 Å². The van der Waals surface area contributed by atoms with Crippen LogP contribution in [0.5, 0.6) is 0 Å². The molecule has 3 heteroatoms. The minimum atomic E-state index is -0.0758. The topological polar surface area (TPSA) is 15.3 Å². The Morgan fingerprint density at radius 1 is 1.35 bits per heavy atom. The fraction of sp³-hybridized carbons (Fsp3) is 0.571. The number of rotatable bonds is 3. The highest BCUT2D eigenvalue weighted by Crippen LogP contribution is 2.11. The van der Waals surface area contributed by atoms with E-state index in [9.17, 15) is 4.39 Å². The van der Waals surface area contributed by atoms with Gasteiger partial charge in [-0.15, -0.1) is 0 Å². The van der Waals surface area contributed by atoms with Gasteiger partial charge in [-0.3, -0.25) is 4.90 Å². The highest BCUT2D eigenvalue weighted by atomic mass is 19.1. The summed E-state index contributed by atoms with van der Waals surface area (Å²) in [5, 5.41) is 3.40. The van der Waals surface area contributed by atoms with E-state index in [4.69, 9.17) is 0 Å². The van der Waals surface area contributed by atoms with E-state index in [0.717, 1.165) is 38.2 Å². The van der Waals surface area contributed by atoms with Crippen molar-refractivity contribution in [3.8, 4) is 0 Å². The molecule has 0 radical (unpaired) electrons. The first-order valence-corrected chi connectivity index (χ1v) is 6.45. The van der Waals surface area contributed by atoms with Crippen molar-refractivity contribution < 1.29 is 4.39 Å². The molecule has 0 bridgehead atoms. The second kappa shape index (κ2) is 6.12. The van der Waals surface area contributed by atoms with E-state index >= 15 is 0 Å². The summed E-state index contributed by atoms with van der Waals surface area (Å²) in [5.74, 6) is -0.0758. The van der Waals surface area contributed by atoms with Crippen LogP contribution in [0.1, 0.15) is 18.9 Å². The van der Waals surface area contributed by atoms with Crippen molar-refractivity contribution >= 4 is 0 Å². The largest absolute Gasteiger partial charge is 0.315 e. The second-order valence-corrected chi connectivity index (χ2v) is 4.77. The molecule has 1 atom stereocenters. The first-order chi connectivity index (χ1) is 8.27. The van der Waals surface area contributed by atoms with Crippen LogP contribution in [0.2, 0.25) is 0 Å². The maximum Gasteiger partial charge on any atom is 0.126 e. The third-order valence-electron chi connectivity index (χ3n) is 3.56. The van der Waals surface area contributed by atoms with Crippen LogP contribution in [0.3, 0.4) is 0 Å². The van der Waals surface area contributed by atoms with Gasteiger partial charge in [0.1, 0.15) is 5.82 Å². The summed E-state index contributed by atoms with van der Waals surface area (Å²) in [7, 11) is 0. The molecule has 0 aliphatic carbocycles. The minimum Gasteiger partial charge on any atom is -0.315 e. The zero-order valence-electron chi connectivity index (χ0n) is 10.5. The van der Waals surface area contributed by atoms with Crippen LogP contribution in [0, 0.1) is 5.82 Å². The van der Waals surface area contributed by atoms with Gasteiger partial charge in [0.25, 0.3) is 0 Å². The molecule has 1 unspecified atom stereocenters. The lowest BCUT2D eigenvalue weighted by molar-refractivity contribution is 0.222. The van der Waals surface area contributed by atoms with Crippen LogP contribution >= 0.6 is 0 Å². The Hall–Kier alpha value is -0.930. The predicted octanol–water partition coefficient (Wildman–Crippen LogP) is 2.05. The first-order valence-electron chi connectivity index (χ1n) is 6.45. The SMILES string of the molecule is CC1CCNCCN1CCc1ccccc1F. The smallest absolute Gasteiger partial charge is 0.126 e. The normalized spacial score (nSPS) is 22.4. The molecule has 94 valence electrons. The number of hydrogen-bond donors (Lipinski definition) is 1. The monoisotopic (exact) mass is 236 g/mol. The molecular formula is C14H21FN2. The Kier molecular flexibility index (Phi) is 4.51. The summed E-state index contributed by atoms with van der Waals surface area (Å²) >= 11 is 0. The molecule has 0 saturated carbocycles. The van der Waals surface area contributed by atoms with Crippen molar-refractivity contribution in [2.24, 2.45) is 0 Å². The van der Waals surface area contributed by atoms with E-state index in [1.54, 1.807) is 12.1 Å². The Balaban J connectivity index is 1.90. The van der Waals surface area contributed by atoms with Gasteiger partial charge < -0.3 is 5.32 Å². The molecule has 0 aromatic heterocycles. The van der Waals surface area contributed by atoms with Gasteiger partial charge in [0.15, 0.2) is 0 Å². The molecule has 2 rings (SSSR count). The summed E-state index contributed by atoms with van der Waals surface area (Å²) in [4.78, 5) is 2.45. The van der Waals surface area contributed by atoms with Crippen molar-refractivity contribution in [3.05, 3.63) is 35.6 Å².